The molecule has 3 aromatic rings. The maximum Gasteiger partial charge on any atom is 0.232 e. The molecule has 0 aliphatic rings. The van der Waals surface area contributed by atoms with E-state index in [1.54, 1.807) is 31.3 Å². The third-order valence-corrected chi connectivity index (χ3v) is 5.29. The first-order valence-electron chi connectivity index (χ1n) is 8.25. The molecular formula is C19H18ClN3O3S. The van der Waals surface area contributed by atoms with Gasteiger partial charge in [-0.1, -0.05) is 29.8 Å². The summed E-state index contributed by atoms with van der Waals surface area (Å²) in [6.45, 7) is 2.05. The van der Waals surface area contributed by atoms with Crippen molar-refractivity contribution in [2.45, 2.75) is 19.2 Å². The Balaban J connectivity index is 1.58. The molecule has 2 heterocycles. The number of carbonyl (C=O) groups is 1. The van der Waals surface area contributed by atoms with Crippen LogP contribution in [0.25, 0.3) is 11.5 Å². The van der Waals surface area contributed by atoms with Gasteiger partial charge in [0.2, 0.25) is 11.8 Å². The summed E-state index contributed by atoms with van der Waals surface area (Å²) in [6, 6.07) is 12.7. The Hall–Kier alpha value is -2.51. The second kappa shape index (κ2) is 8.92. The molecule has 140 valence electrons. The topological polar surface area (TPSA) is 85.1 Å². The van der Waals surface area contributed by atoms with E-state index in [0.717, 1.165) is 5.69 Å². The molecule has 0 spiro atoms. The van der Waals surface area contributed by atoms with Crippen LogP contribution in [-0.2, 0) is 27.9 Å². The van der Waals surface area contributed by atoms with Crippen molar-refractivity contribution < 1.29 is 13.4 Å². The third kappa shape index (κ3) is 5.24. The molecule has 2 aromatic heterocycles. The number of nitrogens with one attached hydrogen (secondary N) is 1. The van der Waals surface area contributed by atoms with E-state index in [0.29, 0.717) is 34.5 Å². The van der Waals surface area contributed by atoms with Gasteiger partial charge in [-0.15, -0.1) is 0 Å². The first kappa shape index (κ1) is 19.3. The van der Waals surface area contributed by atoms with Crippen molar-refractivity contribution in [3.63, 3.8) is 0 Å². The maximum absolute atomic E-state index is 12.3. The van der Waals surface area contributed by atoms with Crippen LogP contribution in [0.1, 0.15) is 17.1 Å². The highest BCUT2D eigenvalue weighted by Gasteiger charge is 2.17. The van der Waals surface area contributed by atoms with Gasteiger partial charge in [-0.25, -0.2) is 4.98 Å². The molecule has 6 nitrogen and oxygen atoms in total. The average Bonchev–Trinajstić information content (AvgIpc) is 3.01. The van der Waals surface area contributed by atoms with Crippen LogP contribution in [0.3, 0.4) is 0 Å². The molecule has 1 aromatic carbocycles. The van der Waals surface area contributed by atoms with Gasteiger partial charge in [0.1, 0.15) is 11.5 Å². The molecule has 1 amide bonds. The van der Waals surface area contributed by atoms with Crippen molar-refractivity contribution in [1.29, 1.82) is 0 Å². The van der Waals surface area contributed by atoms with Crippen LogP contribution in [0.15, 0.2) is 53.1 Å². The Labute approximate surface area is 164 Å². The fourth-order valence-electron chi connectivity index (χ4n) is 2.40. The second-order valence-corrected chi connectivity index (χ2v) is 7.69. The lowest BCUT2D eigenvalue weighted by Crippen LogP contribution is -2.28. The van der Waals surface area contributed by atoms with Crippen LogP contribution in [0, 0.1) is 6.92 Å². The van der Waals surface area contributed by atoms with Crippen LogP contribution in [0.2, 0.25) is 5.02 Å². The van der Waals surface area contributed by atoms with Crippen molar-refractivity contribution in [1.82, 2.24) is 15.3 Å². The Kier molecular flexibility index (Phi) is 6.36. The number of benzene rings is 1. The molecule has 0 saturated carbocycles. The lowest BCUT2D eigenvalue weighted by molar-refractivity contribution is -0.118. The fourth-order valence-corrected chi connectivity index (χ4v) is 3.69. The summed E-state index contributed by atoms with van der Waals surface area (Å²) in [5.74, 6) is 0.667. The SMILES string of the molecule is Cc1oc(-c2ccccc2Cl)nc1CS(=O)CC(=O)NCc1ccccn1. The van der Waals surface area contributed by atoms with Crippen LogP contribution >= 0.6 is 11.6 Å². The van der Waals surface area contributed by atoms with Crippen LogP contribution < -0.4 is 5.32 Å². The van der Waals surface area contributed by atoms with Gasteiger partial charge >= 0.3 is 0 Å². The van der Waals surface area contributed by atoms with Gasteiger partial charge in [-0.2, -0.15) is 0 Å². The van der Waals surface area contributed by atoms with E-state index < -0.39 is 10.8 Å². The van der Waals surface area contributed by atoms with Crippen molar-refractivity contribution >= 4 is 28.3 Å². The fraction of sp³-hybridized carbons (Fsp3) is 0.211. The third-order valence-electron chi connectivity index (χ3n) is 3.78. The number of halogens is 1. The molecule has 1 N–H and O–H groups in total. The van der Waals surface area contributed by atoms with Crippen LogP contribution in [0.4, 0.5) is 0 Å². The predicted octanol–water partition coefficient (Wildman–Crippen LogP) is 3.26. The zero-order valence-corrected chi connectivity index (χ0v) is 16.2. The van der Waals surface area contributed by atoms with Crippen molar-refractivity contribution in [2.24, 2.45) is 0 Å². The summed E-state index contributed by atoms with van der Waals surface area (Å²) in [5, 5.41) is 3.24. The summed E-state index contributed by atoms with van der Waals surface area (Å²) in [6.07, 6.45) is 1.66. The molecule has 0 saturated heterocycles. The molecule has 1 atom stereocenters. The van der Waals surface area contributed by atoms with Crippen molar-refractivity contribution in [3.8, 4) is 11.5 Å². The number of aryl methyl sites for hydroxylation is 1. The summed E-state index contributed by atoms with van der Waals surface area (Å²) >= 11 is 6.16. The lowest BCUT2D eigenvalue weighted by Gasteiger charge is -2.04. The van der Waals surface area contributed by atoms with Gasteiger partial charge in [-0.3, -0.25) is 14.0 Å². The normalized spacial score (nSPS) is 11.9. The summed E-state index contributed by atoms with van der Waals surface area (Å²) in [4.78, 5) is 20.5. The predicted molar refractivity (Wildman–Crippen MR) is 104 cm³/mol. The number of oxazole rings is 1. The highest BCUT2D eigenvalue weighted by atomic mass is 35.5. The number of hydrogen-bond donors (Lipinski definition) is 1. The Morgan fingerprint density at radius 1 is 1.22 bits per heavy atom. The van der Waals surface area contributed by atoms with Gasteiger partial charge in [0, 0.05) is 17.0 Å². The van der Waals surface area contributed by atoms with Gasteiger partial charge in [0.25, 0.3) is 0 Å². The highest BCUT2D eigenvalue weighted by Crippen LogP contribution is 2.28. The molecule has 27 heavy (non-hydrogen) atoms. The van der Waals surface area contributed by atoms with Crippen LogP contribution in [0.5, 0.6) is 0 Å². The average molecular weight is 404 g/mol. The maximum atomic E-state index is 12.3. The number of carbonyl (C=O) groups excluding carboxylic acids is 1. The van der Waals surface area contributed by atoms with Gasteiger partial charge < -0.3 is 9.73 Å². The minimum Gasteiger partial charge on any atom is -0.441 e. The molecule has 3 rings (SSSR count). The molecular weight excluding hydrogens is 386 g/mol. The number of nitrogens with zero attached hydrogens (tertiary/aromatic N) is 2. The molecule has 1 unspecified atom stereocenters. The first-order valence-corrected chi connectivity index (χ1v) is 10.1. The molecule has 0 fully saturated rings. The van der Waals surface area contributed by atoms with E-state index in [1.807, 2.05) is 24.3 Å². The quantitative estimate of drug-likeness (QED) is 0.654. The van der Waals surface area contributed by atoms with E-state index in [4.69, 9.17) is 16.0 Å². The number of hydrogen-bond acceptors (Lipinski definition) is 5. The lowest BCUT2D eigenvalue weighted by atomic mass is 10.2. The van der Waals surface area contributed by atoms with Gasteiger partial charge in [-0.05, 0) is 31.2 Å². The van der Waals surface area contributed by atoms with E-state index in [9.17, 15) is 9.00 Å². The molecule has 8 heteroatoms. The summed E-state index contributed by atoms with van der Waals surface area (Å²) in [7, 11) is -1.41. The summed E-state index contributed by atoms with van der Waals surface area (Å²) < 4.78 is 18.0. The smallest absolute Gasteiger partial charge is 0.232 e. The molecule has 0 radical (unpaired) electrons. The Morgan fingerprint density at radius 2 is 2.00 bits per heavy atom. The zero-order chi connectivity index (χ0) is 19.2. The standard InChI is InChI=1S/C19H18ClN3O3S/c1-13-17(23-19(26-13)15-7-2-3-8-16(15)20)11-27(25)12-18(24)22-10-14-6-4-5-9-21-14/h2-9H,10-12H2,1H3,(H,22,24). The minimum atomic E-state index is -1.41. The number of amides is 1. The highest BCUT2D eigenvalue weighted by molar-refractivity contribution is 7.84. The molecule has 0 aliphatic carbocycles. The number of pyridine rings is 1. The zero-order valence-electron chi connectivity index (χ0n) is 14.6. The minimum absolute atomic E-state index is 0.111. The van der Waals surface area contributed by atoms with Crippen molar-refractivity contribution in [3.05, 3.63) is 70.8 Å². The van der Waals surface area contributed by atoms with E-state index in [2.05, 4.69) is 15.3 Å². The van der Waals surface area contributed by atoms with E-state index >= 15 is 0 Å². The number of aromatic nitrogens is 2. The second-order valence-electron chi connectivity index (χ2n) is 5.83. The van der Waals surface area contributed by atoms with Gasteiger partial charge in [0.15, 0.2) is 0 Å². The number of rotatable bonds is 7. The largest absolute Gasteiger partial charge is 0.441 e. The van der Waals surface area contributed by atoms with Crippen molar-refractivity contribution in [2.75, 3.05) is 5.75 Å². The summed E-state index contributed by atoms with van der Waals surface area (Å²) in [5.41, 5.74) is 1.97. The monoisotopic (exact) mass is 403 g/mol. The molecule has 0 aliphatic heterocycles. The van der Waals surface area contributed by atoms with Gasteiger partial charge in [0.05, 0.1) is 34.3 Å². The Bertz CT molecular complexity index is 960. The Morgan fingerprint density at radius 3 is 2.74 bits per heavy atom. The van der Waals surface area contributed by atoms with E-state index in [1.165, 1.54) is 0 Å². The van der Waals surface area contributed by atoms with Crippen LogP contribution in [-0.4, -0.2) is 25.8 Å². The molecule has 0 bridgehead atoms. The first-order chi connectivity index (χ1) is 13.0. The van der Waals surface area contributed by atoms with E-state index in [-0.39, 0.29) is 17.4 Å².